The van der Waals surface area contributed by atoms with Gasteiger partial charge in [0.25, 0.3) is 5.91 Å². The van der Waals surface area contributed by atoms with E-state index in [0.717, 1.165) is 16.7 Å². The van der Waals surface area contributed by atoms with Gasteiger partial charge in [-0.1, -0.05) is 18.2 Å². The van der Waals surface area contributed by atoms with Gasteiger partial charge in [0.15, 0.2) is 0 Å². The van der Waals surface area contributed by atoms with Gasteiger partial charge in [0.1, 0.15) is 5.56 Å². The Bertz CT molecular complexity index is 799. The van der Waals surface area contributed by atoms with Crippen molar-refractivity contribution in [1.29, 1.82) is 0 Å². The van der Waals surface area contributed by atoms with Crippen LogP contribution in [0.4, 0.5) is 10.1 Å². The van der Waals surface area contributed by atoms with Crippen LogP contribution in [-0.4, -0.2) is 42.5 Å². The maximum Gasteiger partial charge on any atom is 0.262 e. The summed E-state index contributed by atoms with van der Waals surface area (Å²) in [6, 6.07) is 7.49. The second kappa shape index (κ2) is 8.60. The van der Waals surface area contributed by atoms with Crippen LogP contribution >= 0.6 is 0 Å². The second-order valence-corrected chi connectivity index (χ2v) is 6.79. The molecule has 4 N–H and O–H groups in total. The number of aromatic nitrogens is 2. The zero-order chi connectivity index (χ0) is 20.2. The van der Waals surface area contributed by atoms with E-state index in [1.54, 1.807) is 6.92 Å². The molecule has 0 saturated carbocycles. The van der Waals surface area contributed by atoms with E-state index in [1.807, 2.05) is 45.4 Å². The van der Waals surface area contributed by atoms with Crippen LogP contribution in [0.1, 0.15) is 41.0 Å². The van der Waals surface area contributed by atoms with E-state index < -0.39 is 11.9 Å². The summed E-state index contributed by atoms with van der Waals surface area (Å²) in [4.78, 5) is 12.7. The van der Waals surface area contributed by atoms with Crippen LogP contribution in [0.2, 0.25) is 0 Å². The van der Waals surface area contributed by atoms with Crippen molar-refractivity contribution in [3.63, 3.8) is 0 Å². The van der Waals surface area contributed by atoms with Crippen molar-refractivity contribution in [1.82, 2.24) is 25.7 Å². The van der Waals surface area contributed by atoms with E-state index in [4.69, 9.17) is 0 Å². The molecule has 0 radical (unpaired) electrons. The number of aryl methyl sites for hydroxylation is 2. The molecule has 1 atom stereocenters. The zero-order valence-electron chi connectivity index (χ0n) is 16.8. The number of amides is 1. The summed E-state index contributed by atoms with van der Waals surface area (Å²) in [6.07, 6.45) is 0.726. The summed E-state index contributed by atoms with van der Waals surface area (Å²) in [7, 11) is 7.13. The fourth-order valence-corrected chi connectivity index (χ4v) is 3.09. The minimum absolute atomic E-state index is 0.0359. The molecule has 0 saturated heterocycles. The molecule has 27 heavy (non-hydrogen) atoms. The Morgan fingerprint density at radius 2 is 1.89 bits per heavy atom. The van der Waals surface area contributed by atoms with Gasteiger partial charge in [0.2, 0.25) is 5.95 Å². The molecule has 0 aliphatic carbocycles. The molecule has 0 bridgehead atoms. The number of halogens is 1. The highest BCUT2D eigenvalue weighted by atomic mass is 19.1. The molecular formula is C19H29FN6O. The van der Waals surface area contributed by atoms with Gasteiger partial charge in [-0.15, -0.1) is 0 Å². The first kappa shape index (κ1) is 21.0. The predicted molar refractivity (Wildman–Crippen MR) is 105 cm³/mol. The largest absolute Gasteiger partial charge is 0.321 e. The van der Waals surface area contributed by atoms with Crippen LogP contribution < -0.4 is 21.3 Å². The standard InChI is InChI=1S/C19H29FN6O/c1-12-16(17(20)26(6)25-12)18(27)24-14-10-8-7-9-13(14)15(21-3)11-19(2,22-4)23-5/h7-10,15,21-23H,11H2,1-6H3,(H,24,27). The van der Waals surface area contributed by atoms with Crippen molar-refractivity contribution in [3.05, 3.63) is 47.0 Å². The van der Waals surface area contributed by atoms with Crippen LogP contribution in [0.15, 0.2) is 24.3 Å². The SMILES string of the molecule is CNC(CC(C)(NC)NC)c1ccccc1NC(=O)c1c(C)nn(C)c1F. The third kappa shape index (κ3) is 4.52. The number of nitrogens with zero attached hydrogens (tertiary/aromatic N) is 2. The number of nitrogens with one attached hydrogen (secondary N) is 4. The van der Waals surface area contributed by atoms with Crippen molar-refractivity contribution >= 4 is 11.6 Å². The Hall–Kier alpha value is -2.29. The van der Waals surface area contributed by atoms with Gasteiger partial charge in [-0.2, -0.15) is 9.49 Å². The van der Waals surface area contributed by atoms with Crippen molar-refractivity contribution < 1.29 is 9.18 Å². The van der Waals surface area contributed by atoms with E-state index in [1.165, 1.54) is 7.05 Å². The van der Waals surface area contributed by atoms with E-state index in [2.05, 4.69) is 33.3 Å². The Morgan fingerprint density at radius 1 is 1.26 bits per heavy atom. The molecule has 8 heteroatoms. The lowest BCUT2D eigenvalue weighted by atomic mass is 9.94. The third-order valence-corrected chi connectivity index (χ3v) is 5.03. The molecule has 0 aliphatic heterocycles. The average molecular weight is 376 g/mol. The zero-order valence-corrected chi connectivity index (χ0v) is 16.8. The normalized spacial score (nSPS) is 12.9. The average Bonchev–Trinajstić information content (AvgIpc) is 2.92. The van der Waals surface area contributed by atoms with Gasteiger partial charge in [-0.25, -0.2) is 4.68 Å². The minimum atomic E-state index is -0.648. The maximum atomic E-state index is 14.2. The van der Waals surface area contributed by atoms with Crippen LogP contribution in [0.3, 0.4) is 0 Å². The Labute approximate surface area is 159 Å². The molecule has 0 fully saturated rings. The monoisotopic (exact) mass is 376 g/mol. The van der Waals surface area contributed by atoms with E-state index >= 15 is 0 Å². The lowest BCUT2D eigenvalue weighted by Gasteiger charge is -2.33. The lowest BCUT2D eigenvalue weighted by molar-refractivity contribution is 0.102. The molecule has 0 aliphatic rings. The fourth-order valence-electron chi connectivity index (χ4n) is 3.09. The van der Waals surface area contributed by atoms with Gasteiger partial charge in [0, 0.05) is 18.8 Å². The maximum absolute atomic E-state index is 14.2. The number of carbonyl (C=O) groups excluding carboxylic acids is 1. The van der Waals surface area contributed by atoms with E-state index in [0.29, 0.717) is 11.4 Å². The quantitative estimate of drug-likeness (QED) is 0.529. The number of anilines is 1. The first-order valence-electron chi connectivity index (χ1n) is 8.90. The smallest absolute Gasteiger partial charge is 0.262 e. The van der Waals surface area contributed by atoms with Crippen LogP contribution in [0.25, 0.3) is 0 Å². The summed E-state index contributed by atoms with van der Waals surface area (Å²) >= 11 is 0. The molecule has 1 aromatic heterocycles. The number of carbonyl (C=O) groups is 1. The number of rotatable bonds is 8. The topological polar surface area (TPSA) is 83.0 Å². The summed E-state index contributed by atoms with van der Waals surface area (Å²) in [5, 5.41) is 16.7. The molecular weight excluding hydrogens is 347 g/mol. The Balaban J connectivity index is 2.33. The van der Waals surface area contributed by atoms with Gasteiger partial charge < -0.3 is 21.3 Å². The minimum Gasteiger partial charge on any atom is -0.321 e. The van der Waals surface area contributed by atoms with Crippen LogP contribution in [0, 0.1) is 12.9 Å². The van der Waals surface area contributed by atoms with E-state index in [-0.39, 0.29) is 17.3 Å². The molecule has 1 unspecified atom stereocenters. The molecule has 7 nitrogen and oxygen atoms in total. The summed E-state index contributed by atoms with van der Waals surface area (Å²) in [5.74, 6) is -1.16. The molecule has 1 heterocycles. The first-order chi connectivity index (χ1) is 12.8. The molecule has 1 aromatic carbocycles. The highest BCUT2D eigenvalue weighted by molar-refractivity contribution is 6.05. The summed E-state index contributed by atoms with van der Waals surface area (Å²) in [6.45, 7) is 3.68. The van der Waals surface area contributed by atoms with Crippen molar-refractivity contribution in [2.75, 3.05) is 26.5 Å². The van der Waals surface area contributed by atoms with Crippen LogP contribution in [-0.2, 0) is 7.05 Å². The van der Waals surface area contributed by atoms with E-state index in [9.17, 15) is 9.18 Å². The predicted octanol–water partition coefficient (Wildman–Crippen LogP) is 1.93. The van der Waals surface area contributed by atoms with Crippen molar-refractivity contribution in [3.8, 4) is 0 Å². The lowest BCUT2D eigenvalue weighted by Crippen LogP contribution is -2.53. The number of hydrogen-bond donors (Lipinski definition) is 4. The van der Waals surface area contributed by atoms with Gasteiger partial charge in [-0.05, 0) is 53.0 Å². The van der Waals surface area contributed by atoms with Gasteiger partial charge >= 0.3 is 0 Å². The Kier molecular flexibility index (Phi) is 6.69. The highest BCUT2D eigenvalue weighted by Crippen LogP contribution is 2.29. The molecule has 148 valence electrons. The Morgan fingerprint density at radius 3 is 2.41 bits per heavy atom. The van der Waals surface area contributed by atoms with Gasteiger partial charge in [-0.3, -0.25) is 4.79 Å². The molecule has 0 spiro atoms. The van der Waals surface area contributed by atoms with Crippen LogP contribution in [0.5, 0.6) is 0 Å². The molecule has 1 amide bonds. The number of benzene rings is 1. The van der Waals surface area contributed by atoms with Gasteiger partial charge in [0.05, 0.1) is 11.4 Å². The number of para-hydroxylation sites is 1. The highest BCUT2D eigenvalue weighted by Gasteiger charge is 2.27. The summed E-state index contributed by atoms with van der Waals surface area (Å²) < 4.78 is 15.3. The first-order valence-corrected chi connectivity index (χ1v) is 8.90. The fraction of sp³-hybridized carbons (Fsp3) is 0.474. The molecule has 2 aromatic rings. The van der Waals surface area contributed by atoms with Crippen molar-refractivity contribution in [2.24, 2.45) is 7.05 Å². The van der Waals surface area contributed by atoms with Crippen molar-refractivity contribution in [2.45, 2.75) is 32.0 Å². The summed E-state index contributed by atoms with van der Waals surface area (Å²) in [5.41, 5.74) is 1.58. The number of hydrogen-bond acceptors (Lipinski definition) is 5. The molecule has 2 rings (SSSR count). The second-order valence-electron chi connectivity index (χ2n) is 6.79. The third-order valence-electron chi connectivity index (χ3n) is 5.03.